The molecule has 2 atom stereocenters. The topological polar surface area (TPSA) is 54.4 Å². The molecule has 1 unspecified atom stereocenters. The number of pyridine rings is 1. The molecule has 0 radical (unpaired) electrons. The number of hydrogen-bond acceptors (Lipinski definition) is 4. The van der Waals surface area contributed by atoms with E-state index in [9.17, 15) is 22.4 Å². The van der Waals surface area contributed by atoms with Crippen molar-refractivity contribution in [3.05, 3.63) is 65.2 Å². The molecule has 1 aromatic carbocycles. The van der Waals surface area contributed by atoms with Crippen LogP contribution < -0.4 is 5.32 Å². The Morgan fingerprint density at radius 3 is 2.59 bits per heavy atom. The number of benzene rings is 1. The quantitative estimate of drug-likeness (QED) is 0.779. The van der Waals surface area contributed by atoms with Crippen LogP contribution in [0.4, 0.5) is 17.6 Å². The van der Waals surface area contributed by atoms with Crippen LogP contribution in [-0.4, -0.2) is 16.1 Å². The molecule has 1 amide bonds. The van der Waals surface area contributed by atoms with Crippen molar-refractivity contribution in [1.29, 1.82) is 0 Å². The predicted molar refractivity (Wildman–Crippen MR) is 94.6 cm³/mol. The first-order chi connectivity index (χ1) is 12.6. The van der Waals surface area contributed by atoms with Gasteiger partial charge in [-0.05, 0) is 37.6 Å². The van der Waals surface area contributed by atoms with Gasteiger partial charge in [0.1, 0.15) is 16.3 Å². The molecule has 0 aliphatic carbocycles. The number of nitrogens with zero attached hydrogens (tertiary/aromatic N) is 2. The zero-order valence-electron chi connectivity index (χ0n) is 14.3. The second kappa shape index (κ2) is 6.95. The average Bonchev–Trinajstić information content (AvgIpc) is 2.89. The smallest absolute Gasteiger partial charge is 0.358 e. The lowest BCUT2D eigenvalue weighted by Gasteiger charge is -2.22. The zero-order valence-corrected chi connectivity index (χ0v) is 15.2. The van der Waals surface area contributed by atoms with Crippen LogP contribution in [0.5, 0.6) is 0 Å². The molecule has 2 heterocycles. The lowest BCUT2D eigenvalue weighted by atomic mass is 10.00. The van der Waals surface area contributed by atoms with Gasteiger partial charge in [0.15, 0.2) is 5.17 Å². The van der Waals surface area contributed by atoms with Crippen molar-refractivity contribution in [3.63, 3.8) is 0 Å². The van der Waals surface area contributed by atoms with Crippen LogP contribution in [0.3, 0.4) is 0 Å². The third-order valence-corrected chi connectivity index (χ3v) is 5.45. The number of aliphatic imine (C=N–C) groups is 1. The van der Waals surface area contributed by atoms with Crippen LogP contribution in [0.2, 0.25) is 0 Å². The van der Waals surface area contributed by atoms with E-state index in [1.807, 2.05) is 0 Å². The Bertz CT molecular complexity index is 915. The Kier molecular flexibility index (Phi) is 4.98. The molecule has 2 aromatic rings. The van der Waals surface area contributed by atoms with Gasteiger partial charge in [-0.1, -0.05) is 30.0 Å². The number of rotatable bonds is 3. The summed E-state index contributed by atoms with van der Waals surface area (Å²) in [5.41, 5.74) is -0.528. The molecule has 142 valence electrons. The molecular weight excluding hydrogens is 382 g/mol. The third kappa shape index (κ3) is 3.83. The van der Waals surface area contributed by atoms with Gasteiger partial charge in [0, 0.05) is 11.8 Å². The van der Waals surface area contributed by atoms with Gasteiger partial charge in [-0.25, -0.2) is 4.39 Å². The second-order valence-corrected chi connectivity index (χ2v) is 7.58. The van der Waals surface area contributed by atoms with Crippen LogP contribution in [-0.2, 0) is 15.7 Å². The minimum absolute atomic E-state index is 0.152. The van der Waals surface area contributed by atoms with Crippen molar-refractivity contribution >= 4 is 22.8 Å². The maximum Gasteiger partial charge on any atom is 0.433 e. The molecule has 1 aliphatic rings. The van der Waals surface area contributed by atoms with E-state index in [1.54, 1.807) is 25.1 Å². The number of alkyl halides is 3. The fourth-order valence-electron chi connectivity index (χ4n) is 2.67. The van der Waals surface area contributed by atoms with E-state index in [-0.39, 0.29) is 10.7 Å². The summed E-state index contributed by atoms with van der Waals surface area (Å²) in [5.74, 6) is -0.991. The highest BCUT2D eigenvalue weighted by Gasteiger charge is 2.44. The lowest BCUT2D eigenvalue weighted by Crippen LogP contribution is -2.27. The summed E-state index contributed by atoms with van der Waals surface area (Å²) in [6.45, 7) is 3.21. The predicted octanol–water partition coefficient (Wildman–Crippen LogP) is 4.43. The van der Waals surface area contributed by atoms with Crippen molar-refractivity contribution in [2.24, 2.45) is 4.99 Å². The molecule has 27 heavy (non-hydrogen) atoms. The molecule has 0 fully saturated rings. The third-order valence-electron chi connectivity index (χ3n) is 4.22. The molecule has 0 saturated carbocycles. The number of nitrogens with one attached hydrogen (secondary N) is 1. The Morgan fingerprint density at radius 1 is 1.22 bits per heavy atom. The highest BCUT2D eigenvalue weighted by molar-refractivity contribution is 8.15. The number of aromatic nitrogens is 1. The summed E-state index contributed by atoms with van der Waals surface area (Å²) in [6.07, 6.45) is -3.59. The fourth-order valence-corrected chi connectivity index (χ4v) is 3.80. The number of amides is 1. The van der Waals surface area contributed by atoms with Gasteiger partial charge in [-0.3, -0.25) is 9.78 Å². The first kappa shape index (κ1) is 19.3. The van der Waals surface area contributed by atoms with Gasteiger partial charge in [0.05, 0.1) is 6.04 Å². The molecule has 1 N–H and O–H groups in total. The Labute approximate surface area is 157 Å². The first-order valence-electron chi connectivity index (χ1n) is 7.98. The van der Waals surface area contributed by atoms with Crippen LogP contribution in [0.15, 0.2) is 47.6 Å². The summed E-state index contributed by atoms with van der Waals surface area (Å²) in [6, 6.07) is 7.91. The van der Waals surface area contributed by atoms with E-state index >= 15 is 0 Å². The number of halogens is 4. The number of amidine groups is 1. The molecule has 4 nitrogen and oxygen atoms in total. The highest BCUT2D eigenvalue weighted by atomic mass is 32.2. The van der Waals surface area contributed by atoms with E-state index in [4.69, 9.17) is 0 Å². The minimum Gasteiger partial charge on any atom is -0.358 e. The summed E-state index contributed by atoms with van der Waals surface area (Å²) < 4.78 is 51.3. The van der Waals surface area contributed by atoms with Crippen LogP contribution in [0, 0.1) is 5.82 Å². The van der Waals surface area contributed by atoms with Crippen LogP contribution in [0.1, 0.15) is 36.7 Å². The minimum atomic E-state index is -4.61. The standard InChI is InChI=1S/C18H15F4N3OS/c1-10(12-5-3-4-6-13(12)19)24-16-25-15(26)17(2,27-16)11-7-8-23-14(9-11)18(20,21)22/h3-10H,1-2H3,(H,24,25,26)/t10-,17?/m0/s1. The summed E-state index contributed by atoms with van der Waals surface area (Å²) in [4.78, 5) is 19.7. The van der Waals surface area contributed by atoms with Crippen molar-refractivity contribution in [1.82, 2.24) is 10.3 Å². The Morgan fingerprint density at radius 2 is 1.93 bits per heavy atom. The van der Waals surface area contributed by atoms with Crippen LogP contribution >= 0.6 is 11.8 Å². The van der Waals surface area contributed by atoms with E-state index in [2.05, 4.69) is 15.3 Å². The Balaban J connectivity index is 1.82. The second-order valence-electron chi connectivity index (χ2n) is 6.17. The molecule has 0 spiro atoms. The van der Waals surface area contributed by atoms with E-state index < -0.39 is 34.4 Å². The van der Waals surface area contributed by atoms with Crippen molar-refractivity contribution in [2.45, 2.75) is 30.8 Å². The maximum absolute atomic E-state index is 13.9. The molecule has 1 aliphatic heterocycles. The van der Waals surface area contributed by atoms with Gasteiger partial charge in [-0.2, -0.15) is 18.2 Å². The van der Waals surface area contributed by atoms with Crippen molar-refractivity contribution < 1.29 is 22.4 Å². The van der Waals surface area contributed by atoms with E-state index in [1.165, 1.54) is 19.1 Å². The van der Waals surface area contributed by atoms with Crippen LogP contribution in [0.25, 0.3) is 0 Å². The van der Waals surface area contributed by atoms with Crippen molar-refractivity contribution in [3.8, 4) is 0 Å². The number of carbonyl (C=O) groups is 1. The highest BCUT2D eigenvalue weighted by Crippen LogP contribution is 2.43. The first-order valence-corrected chi connectivity index (χ1v) is 8.80. The maximum atomic E-state index is 13.9. The van der Waals surface area contributed by atoms with Gasteiger partial charge in [0.25, 0.3) is 5.91 Å². The van der Waals surface area contributed by atoms with Gasteiger partial charge in [0.2, 0.25) is 0 Å². The number of thioether (sulfide) groups is 1. The molecule has 3 rings (SSSR count). The Hall–Kier alpha value is -2.42. The van der Waals surface area contributed by atoms with E-state index in [0.717, 1.165) is 24.0 Å². The molecular formula is C18H15F4N3OS. The summed E-state index contributed by atoms with van der Waals surface area (Å²) in [7, 11) is 0. The summed E-state index contributed by atoms with van der Waals surface area (Å²) >= 11 is 0.994. The van der Waals surface area contributed by atoms with Gasteiger partial charge in [-0.15, -0.1) is 0 Å². The fraction of sp³-hybridized carbons (Fsp3) is 0.278. The lowest BCUT2D eigenvalue weighted by molar-refractivity contribution is -0.141. The van der Waals surface area contributed by atoms with Crippen molar-refractivity contribution in [2.75, 3.05) is 0 Å². The number of carbonyl (C=O) groups excluding carboxylic acids is 1. The summed E-state index contributed by atoms with van der Waals surface area (Å²) in [5, 5.41) is 3.18. The molecule has 1 aromatic heterocycles. The monoisotopic (exact) mass is 397 g/mol. The molecule has 0 bridgehead atoms. The number of hydrogen-bond donors (Lipinski definition) is 1. The molecule has 0 saturated heterocycles. The largest absolute Gasteiger partial charge is 0.433 e. The SMILES string of the molecule is C[C@H](NC1=NC(=O)C(C)(c2ccnc(C(F)(F)F)c2)S1)c1ccccc1F. The van der Waals surface area contributed by atoms with Gasteiger partial charge < -0.3 is 5.32 Å². The zero-order chi connectivity index (χ0) is 19.8. The average molecular weight is 397 g/mol. The normalized spacial score (nSPS) is 21.1. The van der Waals surface area contributed by atoms with E-state index in [0.29, 0.717) is 5.56 Å². The molecule has 9 heteroatoms. The van der Waals surface area contributed by atoms with Gasteiger partial charge >= 0.3 is 6.18 Å².